The van der Waals surface area contributed by atoms with Gasteiger partial charge >= 0.3 is 0 Å². The van der Waals surface area contributed by atoms with Crippen LogP contribution in [0.4, 0.5) is 5.95 Å². The molecule has 2 aromatic rings. The molecule has 0 bridgehead atoms. The topological polar surface area (TPSA) is 89.7 Å². The molecule has 0 N–H and O–H groups in total. The van der Waals surface area contributed by atoms with Crippen molar-refractivity contribution in [3.63, 3.8) is 0 Å². The number of amides is 1. The van der Waals surface area contributed by atoms with E-state index >= 15 is 0 Å². The van der Waals surface area contributed by atoms with Gasteiger partial charge in [0.05, 0.1) is 11.3 Å². The molecule has 0 fully saturated rings. The summed E-state index contributed by atoms with van der Waals surface area (Å²) in [6.45, 7) is 7.18. The van der Waals surface area contributed by atoms with Crippen molar-refractivity contribution in [1.29, 1.82) is 0 Å². The third-order valence-electron chi connectivity index (χ3n) is 3.47. The van der Waals surface area contributed by atoms with Crippen LogP contribution in [0.2, 0.25) is 0 Å². The molecule has 8 heteroatoms. The number of carbonyl (C=O) groups excluding carboxylic acids is 1. The number of carbonyl (C=O) groups is 1. The van der Waals surface area contributed by atoms with Crippen LogP contribution in [-0.2, 0) is 6.54 Å². The fourth-order valence-electron chi connectivity index (χ4n) is 2.45. The molecule has 8 nitrogen and oxygen atoms in total. The van der Waals surface area contributed by atoms with Gasteiger partial charge in [0, 0.05) is 19.3 Å². The Morgan fingerprint density at radius 3 is 2.90 bits per heavy atom. The van der Waals surface area contributed by atoms with Gasteiger partial charge in [-0.1, -0.05) is 18.9 Å². The Bertz CT molecular complexity index is 679. The van der Waals surface area contributed by atoms with Crippen molar-refractivity contribution in [2.75, 3.05) is 11.4 Å². The standard InChI is InChI=1S/C13H17N7O/c1-8(2)11-10(7-14-9(3)15-11)12(21)19-5-4-6-20-13(19)16-17-18-20/h7-8H,4-6H2,1-3H3. The van der Waals surface area contributed by atoms with Crippen LogP contribution in [-0.4, -0.2) is 42.6 Å². The monoisotopic (exact) mass is 287 g/mol. The van der Waals surface area contributed by atoms with Crippen molar-refractivity contribution >= 4 is 11.9 Å². The molecular weight excluding hydrogens is 270 g/mol. The van der Waals surface area contributed by atoms with E-state index in [0.29, 0.717) is 23.9 Å². The highest BCUT2D eigenvalue weighted by Crippen LogP contribution is 2.22. The summed E-state index contributed by atoms with van der Waals surface area (Å²) in [6, 6.07) is 0. The Morgan fingerprint density at radius 2 is 2.14 bits per heavy atom. The van der Waals surface area contributed by atoms with Crippen LogP contribution in [0.3, 0.4) is 0 Å². The van der Waals surface area contributed by atoms with Gasteiger partial charge in [-0.25, -0.2) is 14.6 Å². The number of aryl methyl sites for hydroxylation is 2. The molecule has 0 saturated heterocycles. The minimum Gasteiger partial charge on any atom is -0.275 e. The number of tetrazole rings is 1. The maximum absolute atomic E-state index is 12.8. The van der Waals surface area contributed by atoms with E-state index in [9.17, 15) is 4.79 Å². The fraction of sp³-hybridized carbons (Fsp3) is 0.538. The van der Waals surface area contributed by atoms with Crippen molar-refractivity contribution in [3.05, 3.63) is 23.3 Å². The number of anilines is 1. The van der Waals surface area contributed by atoms with Gasteiger partial charge < -0.3 is 0 Å². The number of hydrogen-bond donors (Lipinski definition) is 0. The molecule has 0 atom stereocenters. The van der Waals surface area contributed by atoms with E-state index in [4.69, 9.17) is 0 Å². The van der Waals surface area contributed by atoms with E-state index in [-0.39, 0.29) is 11.8 Å². The van der Waals surface area contributed by atoms with E-state index in [1.165, 1.54) is 0 Å². The molecule has 3 rings (SSSR count). The molecule has 110 valence electrons. The van der Waals surface area contributed by atoms with Crippen molar-refractivity contribution in [3.8, 4) is 0 Å². The average Bonchev–Trinajstić information content (AvgIpc) is 2.94. The first-order valence-electron chi connectivity index (χ1n) is 6.99. The summed E-state index contributed by atoms with van der Waals surface area (Å²) >= 11 is 0. The van der Waals surface area contributed by atoms with E-state index in [2.05, 4.69) is 25.5 Å². The average molecular weight is 287 g/mol. The number of aromatic nitrogens is 6. The summed E-state index contributed by atoms with van der Waals surface area (Å²) in [4.78, 5) is 23.0. The second-order valence-electron chi connectivity index (χ2n) is 5.38. The molecule has 0 spiro atoms. The largest absolute Gasteiger partial charge is 0.275 e. The van der Waals surface area contributed by atoms with E-state index in [1.807, 2.05) is 20.8 Å². The summed E-state index contributed by atoms with van der Waals surface area (Å²) in [5.41, 5.74) is 1.28. The summed E-state index contributed by atoms with van der Waals surface area (Å²) in [7, 11) is 0. The predicted molar refractivity (Wildman–Crippen MR) is 75.0 cm³/mol. The second kappa shape index (κ2) is 5.19. The highest BCUT2D eigenvalue weighted by atomic mass is 16.2. The first-order valence-corrected chi connectivity index (χ1v) is 6.99. The molecule has 0 aromatic carbocycles. The molecule has 1 aliphatic heterocycles. The zero-order valence-electron chi connectivity index (χ0n) is 12.3. The van der Waals surface area contributed by atoms with Gasteiger partial charge in [0.15, 0.2) is 0 Å². The van der Waals surface area contributed by atoms with Gasteiger partial charge in [0.2, 0.25) is 0 Å². The summed E-state index contributed by atoms with van der Waals surface area (Å²) < 4.78 is 1.64. The zero-order chi connectivity index (χ0) is 15.0. The van der Waals surface area contributed by atoms with Crippen LogP contribution >= 0.6 is 0 Å². The summed E-state index contributed by atoms with van der Waals surface area (Å²) in [5.74, 6) is 1.15. The maximum Gasteiger partial charge on any atom is 0.264 e. The van der Waals surface area contributed by atoms with E-state index < -0.39 is 0 Å². The Balaban J connectivity index is 2.01. The SMILES string of the molecule is Cc1ncc(C(=O)N2CCCn3nnnc32)c(C(C)C)n1. The molecule has 1 amide bonds. The van der Waals surface area contributed by atoms with E-state index in [1.54, 1.807) is 15.8 Å². The predicted octanol–water partition coefficient (Wildman–Crippen LogP) is 0.945. The smallest absolute Gasteiger partial charge is 0.264 e. The Hall–Kier alpha value is -2.38. The summed E-state index contributed by atoms with van der Waals surface area (Å²) in [5, 5.41) is 11.5. The van der Waals surface area contributed by atoms with Crippen LogP contribution in [0, 0.1) is 6.92 Å². The highest BCUT2D eigenvalue weighted by molar-refractivity contribution is 6.05. The molecule has 21 heavy (non-hydrogen) atoms. The van der Waals surface area contributed by atoms with Crippen molar-refractivity contribution < 1.29 is 4.79 Å². The number of nitrogens with zero attached hydrogens (tertiary/aromatic N) is 7. The van der Waals surface area contributed by atoms with Crippen LogP contribution in [0.1, 0.15) is 48.1 Å². The number of hydrogen-bond acceptors (Lipinski definition) is 6. The van der Waals surface area contributed by atoms with Gasteiger partial charge in [-0.05, 0) is 29.7 Å². The number of rotatable bonds is 2. The summed E-state index contributed by atoms with van der Waals surface area (Å²) in [6.07, 6.45) is 2.43. The third kappa shape index (κ3) is 2.37. The lowest BCUT2D eigenvalue weighted by Gasteiger charge is -2.26. The Morgan fingerprint density at radius 1 is 1.33 bits per heavy atom. The Kier molecular flexibility index (Phi) is 3.36. The van der Waals surface area contributed by atoms with Crippen LogP contribution in [0.15, 0.2) is 6.20 Å². The normalized spacial score (nSPS) is 14.4. The van der Waals surface area contributed by atoms with Gasteiger partial charge in [-0.3, -0.25) is 9.69 Å². The third-order valence-corrected chi connectivity index (χ3v) is 3.47. The van der Waals surface area contributed by atoms with Crippen molar-refractivity contribution in [1.82, 2.24) is 30.2 Å². The lowest BCUT2D eigenvalue weighted by atomic mass is 10.0. The molecule has 2 aromatic heterocycles. The minimum atomic E-state index is -0.144. The number of fused-ring (bicyclic) bond motifs is 1. The maximum atomic E-state index is 12.8. The van der Waals surface area contributed by atoms with Crippen LogP contribution in [0.25, 0.3) is 0 Å². The lowest BCUT2D eigenvalue weighted by Crippen LogP contribution is -2.38. The molecule has 0 radical (unpaired) electrons. The van der Waals surface area contributed by atoms with Gasteiger partial charge in [0.25, 0.3) is 11.9 Å². The van der Waals surface area contributed by atoms with Crippen LogP contribution < -0.4 is 4.90 Å². The van der Waals surface area contributed by atoms with Crippen molar-refractivity contribution in [2.24, 2.45) is 0 Å². The molecule has 0 aliphatic carbocycles. The second-order valence-corrected chi connectivity index (χ2v) is 5.38. The van der Waals surface area contributed by atoms with E-state index in [0.717, 1.165) is 18.7 Å². The first kappa shape index (κ1) is 13.6. The molecule has 3 heterocycles. The van der Waals surface area contributed by atoms with Crippen molar-refractivity contribution in [2.45, 2.75) is 39.7 Å². The molecule has 0 saturated carbocycles. The Labute approximate surface area is 122 Å². The molecule has 0 unspecified atom stereocenters. The van der Waals surface area contributed by atoms with Crippen LogP contribution in [0.5, 0.6) is 0 Å². The molecular formula is C13H17N7O. The first-order chi connectivity index (χ1) is 10.1. The lowest BCUT2D eigenvalue weighted by molar-refractivity contribution is 0.0978. The van der Waals surface area contributed by atoms with Gasteiger partial charge in [-0.2, -0.15) is 0 Å². The minimum absolute atomic E-state index is 0.144. The quantitative estimate of drug-likeness (QED) is 0.816. The molecule has 1 aliphatic rings. The highest BCUT2D eigenvalue weighted by Gasteiger charge is 2.29. The zero-order valence-corrected chi connectivity index (χ0v) is 12.3. The fourth-order valence-corrected chi connectivity index (χ4v) is 2.45. The van der Waals surface area contributed by atoms with Gasteiger partial charge in [-0.15, -0.1) is 0 Å². The van der Waals surface area contributed by atoms with Gasteiger partial charge in [0.1, 0.15) is 5.82 Å².